The summed E-state index contributed by atoms with van der Waals surface area (Å²) in [5, 5.41) is 0.597. The second-order valence-corrected chi connectivity index (χ2v) is 12.0. The van der Waals surface area contributed by atoms with Crippen molar-refractivity contribution in [2.24, 2.45) is 10.9 Å². The van der Waals surface area contributed by atoms with E-state index in [1.165, 1.54) is 37.4 Å². The lowest BCUT2D eigenvalue weighted by Gasteiger charge is -2.24. The van der Waals surface area contributed by atoms with Gasteiger partial charge in [-0.25, -0.2) is 8.42 Å². The zero-order chi connectivity index (χ0) is 20.7. The molecule has 2 saturated heterocycles. The van der Waals surface area contributed by atoms with Crippen LogP contribution in [0.1, 0.15) is 44.1 Å². The minimum atomic E-state index is -3.06. The molecule has 4 aliphatic rings. The van der Waals surface area contributed by atoms with Crippen LogP contribution in [0.25, 0.3) is 0 Å². The summed E-state index contributed by atoms with van der Waals surface area (Å²) in [4.78, 5) is 19.0. The van der Waals surface area contributed by atoms with Gasteiger partial charge < -0.3 is 14.4 Å². The molecule has 0 unspecified atom stereocenters. The molecule has 7 nitrogen and oxygen atoms in total. The smallest absolute Gasteiger partial charge is 0.248 e. The van der Waals surface area contributed by atoms with Gasteiger partial charge in [0, 0.05) is 18.2 Å². The van der Waals surface area contributed by atoms with Gasteiger partial charge in [0.25, 0.3) is 0 Å². The Bertz CT molecular complexity index is 972. The molecular formula is C21H26N2O5S2. The molecule has 1 aliphatic carbocycles. The van der Waals surface area contributed by atoms with Crippen LogP contribution in [-0.2, 0) is 21.2 Å². The SMILES string of the molecule is O=C(CCC1CCCC1)N=C1S[C@H]2CS(=O)(=O)C[C@@H]2N1Cc1ccc2c(c1)OCO2. The maximum Gasteiger partial charge on any atom is 0.248 e. The molecule has 0 bridgehead atoms. The first kappa shape index (κ1) is 20.2. The second-order valence-electron chi connectivity index (χ2n) is 8.59. The van der Waals surface area contributed by atoms with Crippen molar-refractivity contribution < 1.29 is 22.7 Å². The average Bonchev–Trinajstić information content (AvgIpc) is 3.46. The van der Waals surface area contributed by atoms with Gasteiger partial charge in [-0.15, -0.1) is 0 Å². The number of sulfone groups is 1. The monoisotopic (exact) mass is 450 g/mol. The van der Waals surface area contributed by atoms with E-state index < -0.39 is 9.84 Å². The van der Waals surface area contributed by atoms with Gasteiger partial charge in [-0.1, -0.05) is 43.5 Å². The topological polar surface area (TPSA) is 85.3 Å². The molecule has 1 aromatic rings. The lowest BCUT2D eigenvalue weighted by molar-refractivity contribution is -0.118. The molecule has 3 heterocycles. The highest BCUT2D eigenvalue weighted by Crippen LogP contribution is 2.40. The molecule has 3 fully saturated rings. The van der Waals surface area contributed by atoms with E-state index in [0.29, 0.717) is 35.6 Å². The fourth-order valence-electron chi connectivity index (χ4n) is 4.85. The first-order valence-electron chi connectivity index (χ1n) is 10.6. The predicted molar refractivity (Wildman–Crippen MR) is 116 cm³/mol. The molecule has 9 heteroatoms. The summed E-state index contributed by atoms with van der Waals surface area (Å²) in [6, 6.07) is 5.59. The molecule has 1 amide bonds. The maximum atomic E-state index is 12.6. The predicted octanol–water partition coefficient (Wildman–Crippen LogP) is 2.98. The minimum Gasteiger partial charge on any atom is -0.454 e. The molecule has 3 aliphatic heterocycles. The van der Waals surface area contributed by atoms with Gasteiger partial charge in [-0.3, -0.25) is 4.79 Å². The molecule has 30 heavy (non-hydrogen) atoms. The highest BCUT2D eigenvalue weighted by atomic mass is 32.2. The van der Waals surface area contributed by atoms with Crippen LogP contribution in [0.15, 0.2) is 23.2 Å². The number of hydrogen-bond donors (Lipinski definition) is 0. The van der Waals surface area contributed by atoms with E-state index in [1.807, 2.05) is 23.1 Å². The molecule has 0 aromatic heterocycles. The Morgan fingerprint density at radius 2 is 1.97 bits per heavy atom. The summed E-state index contributed by atoms with van der Waals surface area (Å²) < 4.78 is 35.2. The highest BCUT2D eigenvalue weighted by Gasteiger charge is 2.48. The zero-order valence-corrected chi connectivity index (χ0v) is 18.4. The van der Waals surface area contributed by atoms with Crippen LogP contribution in [-0.4, -0.2) is 54.0 Å². The molecule has 5 rings (SSSR count). The van der Waals surface area contributed by atoms with Gasteiger partial charge in [0.1, 0.15) is 0 Å². The number of ether oxygens (including phenoxy) is 2. The van der Waals surface area contributed by atoms with Crippen molar-refractivity contribution in [1.29, 1.82) is 0 Å². The van der Waals surface area contributed by atoms with Crippen molar-refractivity contribution in [1.82, 2.24) is 4.90 Å². The molecule has 0 radical (unpaired) electrons. The molecular weight excluding hydrogens is 424 g/mol. The number of carbonyl (C=O) groups excluding carboxylic acids is 1. The Morgan fingerprint density at radius 1 is 1.17 bits per heavy atom. The Morgan fingerprint density at radius 3 is 2.80 bits per heavy atom. The normalized spacial score (nSPS) is 28.4. The molecule has 0 N–H and O–H groups in total. The Kier molecular flexibility index (Phi) is 5.43. The fourth-order valence-corrected chi connectivity index (χ4v) is 8.81. The first-order chi connectivity index (χ1) is 14.5. The summed E-state index contributed by atoms with van der Waals surface area (Å²) in [6.07, 6.45) is 6.35. The van der Waals surface area contributed by atoms with Crippen molar-refractivity contribution in [3.63, 3.8) is 0 Å². The minimum absolute atomic E-state index is 0.0645. The Labute approximate surface area is 181 Å². The number of fused-ring (bicyclic) bond motifs is 2. The lowest BCUT2D eigenvalue weighted by Crippen LogP contribution is -2.37. The lowest BCUT2D eigenvalue weighted by atomic mass is 10.0. The molecule has 1 aromatic carbocycles. The van der Waals surface area contributed by atoms with E-state index >= 15 is 0 Å². The van der Waals surface area contributed by atoms with Gasteiger partial charge in [-0.2, -0.15) is 4.99 Å². The maximum absolute atomic E-state index is 12.6. The Balaban J connectivity index is 1.33. The highest BCUT2D eigenvalue weighted by molar-refractivity contribution is 8.15. The van der Waals surface area contributed by atoms with Crippen LogP contribution in [0.3, 0.4) is 0 Å². The number of rotatable bonds is 5. The van der Waals surface area contributed by atoms with Crippen LogP contribution >= 0.6 is 11.8 Å². The summed E-state index contributed by atoms with van der Waals surface area (Å²) in [6.45, 7) is 0.707. The number of amides is 1. The number of amidine groups is 1. The zero-order valence-electron chi connectivity index (χ0n) is 16.8. The number of hydrogen-bond acceptors (Lipinski definition) is 6. The molecule has 2 atom stereocenters. The molecule has 162 valence electrons. The van der Waals surface area contributed by atoms with Crippen LogP contribution < -0.4 is 9.47 Å². The summed E-state index contributed by atoms with van der Waals surface area (Å²) in [5.41, 5.74) is 0.982. The van der Waals surface area contributed by atoms with E-state index in [9.17, 15) is 13.2 Å². The van der Waals surface area contributed by atoms with Crippen molar-refractivity contribution in [3.8, 4) is 11.5 Å². The van der Waals surface area contributed by atoms with Crippen LogP contribution in [0.4, 0.5) is 0 Å². The number of thioether (sulfide) groups is 1. The van der Waals surface area contributed by atoms with Crippen molar-refractivity contribution in [2.45, 2.75) is 56.4 Å². The van der Waals surface area contributed by atoms with E-state index in [4.69, 9.17) is 9.47 Å². The third-order valence-electron chi connectivity index (χ3n) is 6.43. The largest absolute Gasteiger partial charge is 0.454 e. The van der Waals surface area contributed by atoms with E-state index in [1.54, 1.807) is 0 Å². The van der Waals surface area contributed by atoms with E-state index in [0.717, 1.165) is 12.0 Å². The quantitative estimate of drug-likeness (QED) is 0.682. The van der Waals surface area contributed by atoms with Gasteiger partial charge >= 0.3 is 0 Å². The second kappa shape index (κ2) is 8.07. The average molecular weight is 451 g/mol. The third kappa shape index (κ3) is 4.19. The van der Waals surface area contributed by atoms with Gasteiger partial charge in [-0.05, 0) is 30.0 Å². The number of aliphatic imine (C=N–C) groups is 1. The number of carbonyl (C=O) groups is 1. The van der Waals surface area contributed by atoms with Crippen LogP contribution in [0, 0.1) is 5.92 Å². The fraction of sp³-hybridized carbons (Fsp3) is 0.619. The van der Waals surface area contributed by atoms with Crippen LogP contribution in [0.5, 0.6) is 11.5 Å². The Hall–Kier alpha value is -1.74. The van der Waals surface area contributed by atoms with Gasteiger partial charge in [0.05, 0.1) is 17.5 Å². The van der Waals surface area contributed by atoms with Gasteiger partial charge in [0.2, 0.25) is 12.7 Å². The van der Waals surface area contributed by atoms with E-state index in [-0.39, 0.29) is 35.5 Å². The van der Waals surface area contributed by atoms with Crippen molar-refractivity contribution >= 4 is 32.7 Å². The summed E-state index contributed by atoms with van der Waals surface area (Å²) >= 11 is 1.44. The van der Waals surface area contributed by atoms with Crippen LogP contribution in [0.2, 0.25) is 0 Å². The summed E-state index contributed by atoms with van der Waals surface area (Å²) in [7, 11) is -3.06. The van der Waals surface area contributed by atoms with Gasteiger partial charge in [0.15, 0.2) is 26.5 Å². The number of benzene rings is 1. The van der Waals surface area contributed by atoms with E-state index in [2.05, 4.69) is 4.99 Å². The van der Waals surface area contributed by atoms with Crippen molar-refractivity contribution in [3.05, 3.63) is 23.8 Å². The molecule has 1 saturated carbocycles. The standard InChI is InChI=1S/C21H26N2O5S2/c24-20(8-6-14-3-1-2-4-14)22-21-23(16-11-30(25,26)12-19(16)29-21)10-15-5-7-17-18(9-15)28-13-27-17/h5,7,9,14,16,19H,1-4,6,8,10-13H2/t16-,19-/m0/s1. The molecule has 0 spiro atoms. The summed E-state index contributed by atoms with van der Waals surface area (Å²) in [5.74, 6) is 2.23. The third-order valence-corrected chi connectivity index (χ3v) is 9.67. The number of nitrogens with zero attached hydrogens (tertiary/aromatic N) is 2. The van der Waals surface area contributed by atoms with Crippen molar-refractivity contribution in [2.75, 3.05) is 18.3 Å². The first-order valence-corrected chi connectivity index (χ1v) is 13.3.